The summed E-state index contributed by atoms with van der Waals surface area (Å²) in [6.07, 6.45) is 0.519. The lowest BCUT2D eigenvalue weighted by Gasteiger charge is -2.26. The predicted octanol–water partition coefficient (Wildman–Crippen LogP) is 6.12. The van der Waals surface area contributed by atoms with Gasteiger partial charge in [0.05, 0.1) is 38.8 Å². The van der Waals surface area contributed by atoms with Gasteiger partial charge in [-0.1, -0.05) is 42.5 Å². The highest BCUT2D eigenvalue weighted by Gasteiger charge is 2.34. The van der Waals surface area contributed by atoms with E-state index in [1.165, 1.54) is 0 Å². The normalized spacial score (nSPS) is 14.8. The van der Waals surface area contributed by atoms with E-state index in [0.29, 0.717) is 34.3 Å². The maximum absolute atomic E-state index is 10.7. The minimum Gasteiger partial charge on any atom is -0.507 e. The van der Waals surface area contributed by atoms with Crippen molar-refractivity contribution in [2.75, 3.05) is 26.6 Å². The second-order valence-corrected chi connectivity index (χ2v) is 8.91. The van der Waals surface area contributed by atoms with Gasteiger partial charge < -0.3 is 24.6 Å². The fourth-order valence-electron chi connectivity index (χ4n) is 4.66. The van der Waals surface area contributed by atoms with Crippen molar-refractivity contribution >= 4 is 39.5 Å². The molecule has 1 atom stereocenters. The van der Waals surface area contributed by atoms with E-state index in [1.807, 2.05) is 48.5 Å². The first-order valence-electron chi connectivity index (χ1n) is 11.8. The van der Waals surface area contributed by atoms with Gasteiger partial charge in [0, 0.05) is 17.4 Å². The smallest absolute Gasteiger partial charge is 0.194 e. The van der Waals surface area contributed by atoms with Crippen molar-refractivity contribution in [1.29, 1.82) is 0 Å². The second-order valence-electron chi connectivity index (χ2n) is 8.53. The molecule has 0 aliphatic carbocycles. The first-order valence-corrected chi connectivity index (χ1v) is 12.2. The number of nitrogens with zero attached hydrogens (tertiary/aromatic N) is 2. The van der Waals surface area contributed by atoms with Gasteiger partial charge in [-0.05, 0) is 59.6 Å². The molecule has 188 valence electrons. The second kappa shape index (κ2) is 10.4. The molecule has 37 heavy (non-hydrogen) atoms. The van der Waals surface area contributed by atoms with Crippen LogP contribution in [0.4, 0.5) is 5.69 Å². The number of methoxy groups -OCH3 is 3. The molecule has 0 saturated heterocycles. The molecule has 0 amide bonds. The zero-order chi connectivity index (χ0) is 25.9. The number of hydrazone groups is 1. The molecule has 0 aromatic heterocycles. The van der Waals surface area contributed by atoms with Crippen LogP contribution in [0.1, 0.15) is 23.6 Å². The SMILES string of the molecule is COc1ccc(O)c(C2=NN(C(=S)Nc3ccccc3OC)C(c3ccc(OC)c4ccccc34)C2)c1. The van der Waals surface area contributed by atoms with Gasteiger partial charge in [0.25, 0.3) is 0 Å². The minimum absolute atomic E-state index is 0.128. The standard InChI is InChI=1S/C29H27N3O4S/c1-34-18-12-14-26(33)22(16-18)24-17-25(20-13-15-27(35-2)21-9-5-4-8-19(20)21)32(31-24)29(37)30-23-10-6-7-11-28(23)36-3/h4-16,25,33H,17H2,1-3H3,(H,30,37). The Balaban J connectivity index is 1.60. The number of aromatic hydroxyl groups is 1. The van der Waals surface area contributed by atoms with Gasteiger partial charge in [0.1, 0.15) is 23.0 Å². The molecule has 7 nitrogen and oxygen atoms in total. The van der Waals surface area contributed by atoms with Crippen LogP contribution in [0, 0.1) is 0 Å². The number of hydrogen-bond donors (Lipinski definition) is 2. The van der Waals surface area contributed by atoms with Crippen LogP contribution in [0.15, 0.2) is 84.0 Å². The number of anilines is 1. The van der Waals surface area contributed by atoms with E-state index in [0.717, 1.165) is 27.8 Å². The molecular formula is C29H27N3O4S. The van der Waals surface area contributed by atoms with Crippen LogP contribution in [-0.4, -0.2) is 42.3 Å². The average molecular weight is 514 g/mol. The van der Waals surface area contributed by atoms with Crippen LogP contribution in [0.5, 0.6) is 23.0 Å². The molecule has 0 spiro atoms. The highest BCUT2D eigenvalue weighted by atomic mass is 32.1. The quantitative estimate of drug-likeness (QED) is 0.301. The molecule has 1 aliphatic rings. The fourth-order valence-corrected chi connectivity index (χ4v) is 4.94. The molecule has 2 N–H and O–H groups in total. The Morgan fingerprint density at radius 2 is 1.62 bits per heavy atom. The van der Waals surface area contributed by atoms with E-state index >= 15 is 0 Å². The molecular weight excluding hydrogens is 486 g/mol. The maximum Gasteiger partial charge on any atom is 0.194 e. The summed E-state index contributed by atoms with van der Waals surface area (Å²) in [5.41, 5.74) is 3.08. The van der Waals surface area contributed by atoms with Gasteiger partial charge in [-0.15, -0.1) is 0 Å². The van der Waals surface area contributed by atoms with Gasteiger partial charge in [0.15, 0.2) is 5.11 Å². The van der Waals surface area contributed by atoms with Gasteiger partial charge in [-0.25, -0.2) is 5.01 Å². The highest BCUT2D eigenvalue weighted by Crippen LogP contribution is 2.41. The molecule has 1 unspecified atom stereocenters. The molecule has 1 heterocycles. The third-order valence-corrected chi connectivity index (χ3v) is 6.77. The lowest BCUT2D eigenvalue weighted by molar-refractivity contribution is 0.376. The highest BCUT2D eigenvalue weighted by molar-refractivity contribution is 7.80. The maximum atomic E-state index is 10.7. The first kappa shape index (κ1) is 24.4. The van der Waals surface area contributed by atoms with E-state index in [9.17, 15) is 5.11 Å². The minimum atomic E-state index is -0.230. The van der Waals surface area contributed by atoms with Gasteiger partial charge in [-0.2, -0.15) is 5.10 Å². The Kier molecular flexibility index (Phi) is 6.83. The van der Waals surface area contributed by atoms with Crippen molar-refractivity contribution in [2.24, 2.45) is 5.10 Å². The summed E-state index contributed by atoms with van der Waals surface area (Å²) in [6.45, 7) is 0. The van der Waals surface area contributed by atoms with Crippen LogP contribution in [0.3, 0.4) is 0 Å². The van der Waals surface area contributed by atoms with Crippen molar-refractivity contribution in [2.45, 2.75) is 12.5 Å². The van der Waals surface area contributed by atoms with E-state index in [2.05, 4.69) is 17.4 Å². The molecule has 4 aromatic carbocycles. The lowest BCUT2D eigenvalue weighted by atomic mass is 9.93. The molecule has 4 aromatic rings. The van der Waals surface area contributed by atoms with Crippen molar-refractivity contribution in [1.82, 2.24) is 5.01 Å². The van der Waals surface area contributed by atoms with Crippen molar-refractivity contribution in [3.05, 3.63) is 90.0 Å². The van der Waals surface area contributed by atoms with E-state index in [4.69, 9.17) is 31.5 Å². The summed E-state index contributed by atoms with van der Waals surface area (Å²) in [4.78, 5) is 0. The molecule has 0 bridgehead atoms. The number of nitrogens with one attached hydrogen (secondary N) is 1. The average Bonchev–Trinajstić information content (AvgIpc) is 3.38. The number of benzene rings is 4. The third kappa shape index (κ3) is 4.63. The largest absolute Gasteiger partial charge is 0.507 e. The lowest BCUT2D eigenvalue weighted by Crippen LogP contribution is -2.31. The monoisotopic (exact) mass is 513 g/mol. The Morgan fingerprint density at radius 1 is 0.892 bits per heavy atom. The Hall–Kier alpha value is -4.30. The number of rotatable bonds is 6. The van der Waals surface area contributed by atoms with Gasteiger partial charge in [-0.3, -0.25) is 0 Å². The van der Waals surface area contributed by atoms with Crippen LogP contribution in [0.25, 0.3) is 10.8 Å². The Bertz CT molecular complexity index is 1500. The number of ether oxygens (including phenoxy) is 3. The number of thiocarbonyl (C=S) groups is 1. The summed E-state index contributed by atoms with van der Waals surface area (Å²) in [6, 6.07) is 24.6. The van der Waals surface area contributed by atoms with Crippen LogP contribution in [-0.2, 0) is 0 Å². The van der Waals surface area contributed by atoms with Crippen molar-refractivity contribution in [3.63, 3.8) is 0 Å². The molecule has 0 radical (unpaired) electrons. The summed E-state index contributed by atoms with van der Waals surface area (Å²) >= 11 is 5.88. The number of hydrogen-bond acceptors (Lipinski definition) is 6. The predicted molar refractivity (Wildman–Crippen MR) is 150 cm³/mol. The van der Waals surface area contributed by atoms with Gasteiger partial charge >= 0.3 is 0 Å². The molecule has 1 aliphatic heterocycles. The number of phenolic OH excluding ortho intramolecular Hbond substituents is 1. The molecule has 0 fully saturated rings. The van der Waals surface area contributed by atoms with E-state index < -0.39 is 0 Å². The first-order chi connectivity index (χ1) is 18.0. The Labute approximate surface area is 220 Å². The summed E-state index contributed by atoms with van der Waals surface area (Å²) < 4.78 is 16.5. The zero-order valence-corrected chi connectivity index (χ0v) is 21.6. The zero-order valence-electron chi connectivity index (χ0n) is 20.8. The summed E-state index contributed by atoms with van der Waals surface area (Å²) in [7, 11) is 4.88. The topological polar surface area (TPSA) is 75.6 Å². The summed E-state index contributed by atoms with van der Waals surface area (Å²) in [5, 5.41) is 23.1. The Morgan fingerprint density at radius 3 is 2.38 bits per heavy atom. The van der Waals surface area contributed by atoms with Crippen LogP contribution >= 0.6 is 12.2 Å². The fraction of sp³-hybridized carbons (Fsp3) is 0.172. The van der Waals surface area contributed by atoms with Crippen LogP contribution < -0.4 is 19.5 Å². The van der Waals surface area contributed by atoms with Crippen molar-refractivity contribution < 1.29 is 19.3 Å². The van der Waals surface area contributed by atoms with E-state index in [1.54, 1.807) is 44.5 Å². The van der Waals surface area contributed by atoms with E-state index in [-0.39, 0.29) is 11.8 Å². The van der Waals surface area contributed by atoms with Crippen LogP contribution in [0.2, 0.25) is 0 Å². The molecule has 5 rings (SSSR count). The molecule has 0 saturated carbocycles. The number of phenols is 1. The summed E-state index contributed by atoms with van der Waals surface area (Å²) in [5.74, 6) is 2.23. The number of fused-ring (bicyclic) bond motifs is 1. The third-order valence-electron chi connectivity index (χ3n) is 6.48. The van der Waals surface area contributed by atoms with Crippen molar-refractivity contribution in [3.8, 4) is 23.0 Å². The molecule has 8 heteroatoms. The number of para-hydroxylation sites is 2. The van der Waals surface area contributed by atoms with Gasteiger partial charge in [0.2, 0.25) is 0 Å².